The summed E-state index contributed by atoms with van der Waals surface area (Å²) in [6, 6.07) is 4.66. The van der Waals surface area contributed by atoms with Gasteiger partial charge in [0.05, 0.1) is 9.94 Å². The summed E-state index contributed by atoms with van der Waals surface area (Å²) >= 11 is 7.85. The lowest BCUT2D eigenvalue weighted by Crippen LogP contribution is -2.41. The third kappa shape index (κ3) is 3.06. The van der Waals surface area contributed by atoms with Gasteiger partial charge in [-0.25, -0.2) is 0 Å². The second-order valence-electron chi connectivity index (χ2n) is 6.17. The highest BCUT2D eigenvalue weighted by molar-refractivity contribution is 7.16. The molecule has 0 aromatic carbocycles. The van der Waals surface area contributed by atoms with Crippen LogP contribution in [0.4, 0.5) is 0 Å². The molecule has 2 unspecified atom stereocenters. The van der Waals surface area contributed by atoms with Gasteiger partial charge in [-0.1, -0.05) is 31.4 Å². The molecule has 1 saturated heterocycles. The fourth-order valence-electron chi connectivity index (χ4n) is 3.93. The lowest BCUT2D eigenvalue weighted by Gasteiger charge is -2.41. The molecule has 2 aliphatic rings. The number of halogens is 1. The van der Waals surface area contributed by atoms with Crippen LogP contribution in [0.2, 0.25) is 4.34 Å². The van der Waals surface area contributed by atoms with Gasteiger partial charge in [0.25, 0.3) is 0 Å². The number of nitrogens with one attached hydrogen (secondary N) is 1. The van der Waals surface area contributed by atoms with Crippen LogP contribution >= 0.6 is 22.9 Å². The molecule has 1 aliphatic heterocycles. The van der Waals surface area contributed by atoms with Crippen LogP contribution in [0.3, 0.4) is 0 Å². The molecule has 1 aliphatic carbocycles. The van der Waals surface area contributed by atoms with Gasteiger partial charge in [-0.15, -0.1) is 11.3 Å². The molecule has 2 nitrogen and oxygen atoms in total. The van der Waals surface area contributed by atoms with Crippen LogP contribution in [0, 0.1) is 5.92 Å². The molecule has 0 bridgehead atoms. The average Bonchev–Trinajstić information content (AvgIpc) is 3.06. The topological polar surface area (TPSA) is 21.3 Å². The normalized spacial score (nSPS) is 27.0. The van der Waals surface area contributed by atoms with Crippen molar-refractivity contribution in [2.24, 2.45) is 5.92 Å². The van der Waals surface area contributed by atoms with E-state index in [4.69, 9.17) is 16.3 Å². The highest BCUT2D eigenvalue weighted by Crippen LogP contribution is 2.46. The predicted octanol–water partition coefficient (Wildman–Crippen LogP) is 4.79. The molecule has 2 heterocycles. The van der Waals surface area contributed by atoms with E-state index < -0.39 is 0 Å². The van der Waals surface area contributed by atoms with Crippen molar-refractivity contribution in [3.05, 3.63) is 21.3 Å². The molecular formula is C16H24ClNOS. The van der Waals surface area contributed by atoms with Gasteiger partial charge in [-0.2, -0.15) is 0 Å². The van der Waals surface area contributed by atoms with Crippen LogP contribution in [0.1, 0.15) is 56.4 Å². The van der Waals surface area contributed by atoms with Gasteiger partial charge in [0.1, 0.15) is 0 Å². The molecule has 1 N–H and O–H groups in total. The van der Waals surface area contributed by atoms with Gasteiger partial charge in [-0.05, 0) is 50.3 Å². The Morgan fingerprint density at radius 1 is 1.45 bits per heavy atom. The molecule has 112 valence electrons. The fourth-order valence-corrected chi connectivity index (χ4v) is 5.16. The maximum absolute atomic E-state index is 6.18. The summed E-state index contributed by atoms with van der Waals surface area (Å²) in [7, 11) is 0. The summed E-state index contributed by atoms with van der Waals surface area (Å²) in [5.41, 5.74) is 0.192. The van der Waals surface area contributed by atoms with E-state index >= 15 is 0 Å². The minimum absolute atomic E-state index is 0.192. The first-order valence-electron chi connectivity index (χ1n) is 7.85. The second-order valence-corrected chi connectivity index (χ2v) is 7.92. The zero-order chi connectivity index (χ0) is 14.0. The number of hydrogen-bond donors (Lipinski definition) is 1. The molecule has 1 saturated carbocycles. The van der Waals surface area contributed by atoms with Crippen molar-refractivity contribution in [1.29, 1.82) is 0 Å². The van der Waals surface area contributed by atoms with Gasteiger partial charge in [0.15, 0.2) is 0 Å². The molecule has 2 fully saturated rings. The van der Waals surface area contributed by atoms with Gasteiger partial charge in [-0.3, -0.25) is 0 Å². The Kier molecular flexibility index (Phi) is 4.71. The Hall–Kier alpha value is -0.0900. The van der Waals surface area contributed by atoms with Crippen molar-refractivity contribution in [3.63, 3.8) is 0 Å². The summed E-state index contributed by atoms with van der Waals surface area (Å²) in [5.74, 6) is 0.677. The van der Waals surface area contributed by atoms with Crippen molar-refractivity contribution < 1.29 is 4.74 Å². The Morgan fingerprint density at radius 3 is 2.90 bits per heavy atom. The molecule has 0 amide bonds. The van der Waals surface area contributed by atoms with Gasteiger partial charge >= 0.3 is 0 Å². The summed E-state index contributed by atoms with van der Waals surface area (Å²) in [5, 5.41) is 3.68. The summed E-state index contributed by atoms with van der Waals surface area (Å²) < 4.78 is 7.07. The summed E-state index contributed by atoms with van der Waals surface area (Å²) in [6.07, 6.45) is 7.56. The van der Waals surface area contributed by atoms with Crippen molar-refractivity contribution in [2.75, 3.05) is 13.2 Å². The van der Waals surface area contributed by atoms with Gasteiger partial charge < -0.3 is 10.1 Å². The average molecular weight is 314 g/mol. The largest absolute Gasteiger partial charge is 0.375 e. The van der Waals surface area contributed by atoms with E-state index in [9.17, 15) is 0 Å². The van der Waals surface area contributed by atoms with Crippen molar-refractivity contribution in [2.45, 2.75) is 57.1 Å². The number of ether oxygens (including phenoxy) is 1. The lowest BCUT2D eigenvalue weighted by atomic mass is 9.80. The van der Waals surface area contributed by atoms with Gasteiger partial charge in [0, 0.05) is 17.5 Å². The first-order valence-corrected chi connectivity index (χ1v) is 9.04. The van der Waals surface area contributed by atoms with Crippen LogP contribution in [0.15, 0.2) is 12.1 Å². The molecule has 1 aromatic rings. The van der Waals surface area contributed by atoms with E-state index in [0.29, 0.717) is 12.0 Å². The first kappa shape index (κ1) is 14.8. The zero-order valence-electron chi connectivity index (χ0n) is 12.2. The van der Waals surface area contributed by atoms with Crippen molar-refractivity contribution in [3.8, 4) is 0 Å². The highest BCUT2D eigenvalue weighted by Gasteiger charge is 2.42. The Labute approximate surface area is 130 Å². The number of hydrogen-bond acceptors (Lipinski definition) is 3. The Bertz CT molecular complexity index is 441. The van der Waals surface area contributed by atoms with E-state index in [1.54, 1.807) is 11.3 Å². The highest BCUT2D eigenvalue weighted by atomic mass is 35.5. The number of rotatable bonds is 4. The molecular weight excluding hydrogens is 290 g/mol. The van der Waals surface area contributed by atoms with Crippen LogP contribution in [-0.2, 0) is 4.74 Å². The molecule has 1 aromatic heterocycles. The van der Waals surface area contributed by atoms with Crippen molar-refractivity contribution in [1.82, 2.24) is 5.32 Å². The number of thiophene rings is 1. The fraction of sp³-hybridized carbons (Fsp3) is 0.750. The lowest BCUT2D eigenvalue weighted by molar-refractivity contribution is -0.0979. The molecule has 2 atom stereocenters. The maximum atomic E-state index is 6.18. The van der Waals surface area contributed by atoms with E-state index in [0.717, 1.165) is 23.9 Å². The smallest absolute Gasteiger partial charge is 0.0931 e. The summed E-state index contributed by atoms with van der Waals surface area (Å²) in [4.78, 5) is 1.39. The molecule has 20 heavy (non-hydrogen) atoms. The van der Waals surface area contributed by atoms with E-state index in [1.807, 2.05) is 6.07 Å². The van der Waals surface area contributed by atoms with E-state index in [-0.39, 0.29) is 5.60 Å². The first-order chi connectivity index (χ1) is 9.72. The van der Waals surface area contributed by atoms with Gasteiger partial charge in [0.2, 0.25) is 0 Å². The standard InChI is InChI=1S/C16H24ClNOS/c1-2-18-15(13-5-6-14(17)20-13)12-7-10-19-16(11-12)8-3-4-9-16/h5-6,12,15,18H,2-4,7-11H2,1H3. The molecule has 0 radical (unpaired) electrons. The minimum Gasteiger partial charge on any atom is -0.375 e. The monoisotopic (exact) mass is 313 g/mol. The summed E-state index contributed by atoms with van der Waals surface area (Å²) in [6.45, 7) is 4.11. The van der Waals surface area contributed by atoms with Crippen LogP contribution in [0.5, 0.6) is 0 Å². The second kappa shape index (κ2) is 6.35. The van der Waals surface area contributed by atoms with Crippen LogP contribution < -0.4 is 5.32 Å². The molecule has 1 spiro atoms. The zero-order valence-corrected chi connectivity index (χ0v) is 13.7. The Balaban J connectivity index is 1.76. The third-order valence-electron chi connectivity index (χ3n) is 4.84. The minimum atomic E-state index is 0.192. The maximum Gasteiger partial charge on any atom is 0.0931 e. The Morgan fingerprint density at radius 2 is 2.25 bits per heavy atom. The molecule has 4 heteroatoms. The van der Waals surface area contributed by atoms with Crippen molar-refractivity contribution >= 4 is 22.9 Å². The molecule has 3 rings (SSSR count). The predicted molar refractivity (Wildman–Crippen MR) is 85.6 cm³/mol. The third-order valence-corrected chi connectivity index (χ3v) is 6.16. The van der Waals surface area contributed by atoms with Crippen LogP contribution in [-0.4, -0.2) is 18.8 Å². The SMILES string of the molecule is CCNC(c1ccc(Cl)s1)C1CCOC2(CCCC2)C1. The van der Waals surface area contributed by atoms with E-state index in [1.165, 1.54) is 37.0 Å². The van der Waals surface area contributed by atoms with E-state index in [2.05, 4.69) is 18.3 Å². The van der Waals surface area contributed by atoms with Crippen LogP contribution in [0.25, 0.3) is 0 Å². The quantitative estimate of drug-likeness (QED) is 0.862.